The average molecular weight is 253 g/mol. The molecular formula is C18H23N. The summed E-state index contributed by atoms with van der Waals surface area (Å²) in [5.74, 6) is 0. The molecule has 0 amide bonds. The van der Waals surface area contributed by atoms with Gasteiger partial charge in [-0.05, 0) is 48.1 Å². The summed E-state index contributed by atoms with van der Waals surface area (Å²) in [7, 11) is 0. The molecule has 19 heavy (non-hydrogen) atoms. The van der Waals surface area contributed by atoms with Crippen LogP contribution in [0.25, 0.3) is 0 Å². The van der Waals surface area contributed by atoms with Crippen LogP contribution in [0.3, 0.4) is 0 Å². The molecule has 0 aliphatic rings. The first-order chi connectivity index (χ1) is 9.28. The fourth-order valence-electron chi connectivity index (χ4n) is 2.37. The first kappa shape index (κ1) is 13.7. The summed E-state index contributed by atoms with van der Waals surface area (Å²) in [6.07, 6.45) is 3.21. The van der Waals surface area contributed by atoms with Gasteiger partial charge >= 0.3 is 0 Å². The SMILES string of the molecule is CCc1ccc(Nc2c(CC)cccc2CC)cc1. The van der Waals surface area contributed by atoms with E-state index in [1.807, 2.05) is 0 Å². The summed E-state index contributed by atoms with van der Waals surface area (Å²) in [4.78, 5) is 0. The summed E-state index contributed by atoms with van der Waals surface area (Å²) < 4.78 is 0. The molecule has 0 atom stereocenters. The van der Waals surface area contributed by atoms with Gasteiger partial charge in [0.25, 0.3) is 0 Å². The molecular weight excluding hydrogens is 230 g/mol. The minimum Gasteiger partial charge on any atom is -0.355 e. The molecule has 0 radical (unpaired) electrons. The van der Waals surface area contributed by atoms with Crippen LogP contribution in [0.15, 0.2) is 42.5 Å². The van der Waals surface area contributed by atoms with Crippen molar-refractivity contribution < 1.29 is 0 Å². The van der Waals surface area contributed by atoms with E-state index in [4.69, 9.17) is 0 Å². The van der Waals surface area contributed by atoms with Crippen LogP contribution in [-0.4, -0.2) is 0 Å². The first-order valence-corrected chi connectivity index (χ1v) is 7.25. The van der Waals surface area contributed by atoms with Crippen molar-refractivity contribution in [3.63, 3.8) is 0 Å². The van der Waals surface area contributed by atoms with Gasteiger partial charge in [0.15, 0.2) is 0 Å². The monoisotopic (exact) mass is 253 g/mol. The van der Waals surface area contributed by atoms with Crippen molar-refractivity contribution in [1.29, 1.82) is 0 Å². The molecule has 0 aromatic heterocycles. The smallest absolute Gasteiger partial charge is 0.0449 e. The Hall–Kier alpha value is -1.76. The Morgan fingerprint density at radius 3 is 1.79 bits per heavy atom. The number of rotatable bonds is 5. The van der Waals surface area contributed by atoms with Crippen LogP contribution in [0, 0.1) is 0 Å². The van der Waals surface area contributed by atoms with E-state index in [0.717, 1.165) is 19.3 Å². The highest BCUT2D eigenvalue weighted by atomic mass is 14.9. The lowest BCUT2D eigenvalue weighted by molar-refractivity contribution is 1.09. The molecule has 0 saturated carbocycles. The zero-order valence-corrected chi connectivity index (χ0v) is 12.2. The molecule has 2 rings (SSSR count). The molecule has 0 fully saturated rings. The predicted octanol–water partition coefficient (Wildman–Crippen LogP) is 5.12. The maximum absolute atomic E-state index is 3.59. The Bertz CT molecular complexity index is 504. The highest BCUT2D eigenvalue weighted by Gasteiger charge is 2.06. The molecule has 0 aliphatic carbocycles. The Kier molecular flexibility index (Phi) is 4.62. The third-order valence-electron chi connectivity index (χ3n) is 3.63. The predicted molar refractivity (Wildman–Crippen MR) is 84.3 cm³/mol. The van der Waals surface area contributed by atoms with Gasteiger partial charge in [-0.3, -0.25) is 0 Å². The zero-order valence-electron chi connectivity index (χ0n) is 12.2. The molecule has 100 valence electrons. The fraction of sp³-hybridized carbons (Fsp3) is 0.333. The summed E-state index contributed by atoms with van der Waals surface area (Å²) >= 11 is 0. The normalized spacial score (nSPS) is 10.5. The van der Waals surface area contributed by atoms with E-state index >= 15 is 0 Å². The van der Waals surface area contributed by atoms with Gasteiger partial charge in [0.05, 0.1) is 0 Å². The van der Waals surface area contributed by atoms with Gasteiger partial charge in [0.2, 0.25) is 0 Å². The van der Waals surface area contributed by atoms with Gasteiger partial charge in [-0.15, -0.1) is 0 Å². The van der Waals surface area contributed by atoms with Crippen LogP contribution in [0.1, 0.15) is 37.5 Å². The summed E-state index contributed by atoms with van der Waals surface area (Å²) in [5, 5.41) is 3.59. The van der Waals surface area contributed by atoms with Crippen LogP contribution >= 0.6 is 0 Å². The van der Waals surface area contributed by atoms with Crippen molar-refractivity contribution in [2.45, 2.75) is 40.0 Å². The quantitative estimate of drug-likeness (QED) is 0.780. The summed E-state index contributed by atoms with van der Waals surface area (Å²) in [6, 6.07) is 15.3. The second kappa shape index (κ2) is 6.42. The maximum atomic E-state index is 3.59. The highest BCUT2D eigenvalue weighted by Crippen LogP contribution is 2.26. The lowest BCUT2D eigenvalue weighted by Gasteiger charge is -2.15. The molecule has 1 nitrogen and oxygen atoms in total. The van der Waals surface area contributed by atoms with Gasteiger partial charge in [-0.25, -0.2) is 0 Å². The van der Waals surface area contributed by atoms with E-state index < -0.39 is 0 Å². The van der Waals surface area contributed by atoms with Gasteiger partial charge < -0.3 is 5.32 Å². The Morgan fingerprint density at radius 2 is 1.32 bits per heavy atom. The van der Waals surface area contributed by atoms with Crippen molar-refractivity contribution in [3.05, 3.63) is 59.2 Å². The maximum Gasteiger partial charge on any atom is 0.0449 e. The second-order valence-corrected chi connectivity index (χ2v) is 4.83. The first-order valence-electron chi connectivity index (χ1n) is 7.25. The Labute approximate surface area is 116 Å². The number of benzene rings is 2. The third kappa shape index (κ3) is 3.17. The molecule has 0 aliphatic heterocycles. The number of nitrogens with one attached hydrogen (secondary N) is 1. The van der Waals surface area contributed by atoms with E-state index in [0.29, 0.717) is 0 Å². The standard InChI is InChI=1S/C18H23N/c1-4-14-10-12-17(13-11-14)19-18-15(5-2)8-7-9-16(18)6-3/h7-13,19H,4-6H2,1-3H3. The Balaban J connectivity index is 2.30. The third-order valence-corrected chi connectivity index (χ3v) is 3.63. The molecule has 0 saturated heterocycles. The lowest BCUT2D eigenvalue weighted by atomic mass is 10.0. The van der Waals surface area contributed by atoms with Crippen molar-refractivity contribution in [2.24, 2.45) is 0 Å². The summed E-state index contributed by atoms with van der Waals surface area (Å²) in [5.41, 5.74) is 6.62. The largest absolute Gasteiger partial charge is 0.355 e. The van der Waals surface area contributed by atoms with Crippen LogP contribution in [0.4, 0.5) is 11.4 Å². The number of para-hydroxylation sites is 1. The van der Waals surface area contributed by atoms with Gasteiger partial charge in [-0.1, -0.05) is 51.1 Å². The topological polar surface area (TPSA) is 12.0 Å². The molecule has 1 heteroatoms. The highest BCUT2D eigenvalue weighted by molar-refractivity contribution is 5.67. The number of hydrogen-bond acceptors (Lipinski definition) is 1. The van der Waals surface area contributed by atoms with Crippen molar-refractivity contribution in [1.82, 2.24) is 0 Å². The molecule has 2 aromatic carbocycles. The average Bonchev–Trinajstić information content (AvgIpc) is 2.48. The van der Waals surface area contributed by atoms with Crippen LogP contribution in [0.5, 0.6) is 0 Å². The lowest BCUT2D eigenvalue weighted by Crippen LogP contribution is -2.00. The Morgan fingerprint density at radius 1 is 0.737 bits per heavy atom. The van der Waals surface area contributed by atoms with Crippen LogP contribution in [0.2, 0.25) is 0 Å². The number of hydrogen-bond donors (Lipinski definition) is 1. The van der Waals surface area contributed by atoms with E-state index in [9.17, 15) is 0 Å². The zero-order chi connectivity index (χ0) is 13.7. The molecule has 2 aromatic rings. The van der Waals surface area contributed by atoms with E-state index in [2.05, 4.69) is 68.6 Å². The van der Waals surface area contributed by atoms with Crippen LogP contribution in [-0.2, 0) is 19.3 Å². The molecule has 0 spiro atoms. The van der Waals surface area contributed by atoms with Crippen molar-refractivity contribution in [2.75, 3.05) is 5.32 Å². The van der Waals surface area contributed by atoms with E-state index in [1.54, 1.807) is 0 Å². The minimum atomic E-state index is 1.06. The fourth-order valence-corrected chi connectivity index (χ4v) is 2.37. The minimum absolute atomic E-state index is 1.06. The van der Waals surface area contributed by atoms with Crippen molar-refractivity contribution >= 4 is 11.4 Å². The van der Waals surface area contributed by atoms with Gasteiger partial charge in [0.1, 0.15) is 0 Å². The molecule has 1 N–H and O–H groups in total. The molecule has 0 heterocycles. The van der Waals surface area contributed by atoms with Crippen molar-refractivity contribution in [3.8, 4) is 0 Å². The van der Waals surface area contributed by atoms with Crippen LogP contribution < -0.4 is 5.32 Å². The van der Waals surface area contributed by atoms with Gasteiger partial charge in [-0.2, -0.15) is 0 Å². The molecule has 0 unspecified atom stereocenters. The van der Waals surface area contributed by atoms with Gasteiger partial charge in [0, 0.05) is 11.4 Å². The molecule has 0 bridgehead atoms. The van der Waals surface area contributed by atoms with E-state index in [1.165, 1.54) is 28.1 Å². The number of anilines is 2. The van der Waals surface area contributed by atoms with E-state index in [-0.39, 0.29) is 0 Å². The second-order valence-electron chi connectivity index (χ2n) is 4.83. The number of aryl methyl sites for hydroxylation is 3. The summed E-state index contributed by atoms with van der Waals surface area (Å²) in [6.45, 7) is 6.60.